The summed E-state index contributed by atoms with van der Waals surface area (Å²) < 4.78 is 10.6. The molecular formula is C9H7ClO2. The van der Waals surface area contributed by atoms with E-state index in [4.69, 9.17) is 21.1 Å². The van der Waals surface area contributed by atoms with Crippen LogP contribution in [0.15, 0.2) is 36.3 Å². The van der Waals surface area contributed by atoms with Crippen molar-refractivity contribution >= 4 is 11.6 Å². The van der Waals surface area contributed by atoms with E-state index in [0.29, 0.717) is 11.6 Å². The SMILES string of the molecule is ClCC1=COc2ccccc2O1. The van der Waals surface area contributed by atoms with Gasteiger partial charge in [-0.15, -0.1) is 11.6 Å². The fourth-order valence-corrected chi connectivity index (χ4v) is 1.10. The third-order valence-corrected chi connectivity index (χ3v) is 1.80. The van der Waals surface area contributed by atoms with Crippen molar-refractivity contribution in [1.29, 1.82) is 0 Å². The minimum absolute atomic E-state index is 0.328. The van der Waals surface area contributed by atoms with Crippen molar-refractivity contribution in [2.45, 2.75) is 0 Å². The molecule has 3 heteroatoms. The number of ether oxygens (including phenoxy) is 2. The number of benzene rings is 1. The van der Waals surface area contributed by atoms with E-state index in [-0.39, 0.29) is 0 Å². The van der Waals surface area contributed by atoms with Crippen molar-refractivity contribution in [3.63, 3.8) is 0 Å². The number of para-hydroxylation sites is 2. The van der Waals surface area contributed by atoms with Gasteiger partial charge in [0.1, 0.15) is 6.26 Å². The molecule has 1 aliphatic heterocycles. The van der Waals surface area contributed by atoms with Gasteiger partial charge in [-0.05, 0) is 12.1 Å². The molecule has 0 saturated carbocycles. The second kappa shape index (κ2) is 3.07. The zero-order chi connectivity index (χ0) is 8.39. The van der Waals surface area contributed by atoms with E-state index in [1.807, 2.05) is 24.3 Å². The van der Waals surface area contributed by atoms with E-state index in [9.17, 15) is 0 Å². The van der Waals surface area contributed by atoms with Gasteiger partial charge in [0.2, 0.25) is 0 Å². The summed E-state index contributed by atoms with van der Waals surface area (Å²) in [5, 5.41) is 0. The summed E-state index contributed by atoms with van der Waals surface area (Å²) in [6.07, 6.45) is 1.52. The Morgan fingerprint density at radius 2 is 1.92 bits per heavy atom. The Hall–Kier alpha value is -1.15. The quantitative estimate of drug-likeness (QED) is 0.622. The van der Waals surface area contributed by atoms with Crippen molar-refractivity contribution < 1.29 is 9.47 Å². The molecule has 0 radical (unpaired) electrons. The van der Waals surface area contributed by atoms with Crippen molar-refractivity contribution in [3.05, 3.63) is 36.3 Å². The summed E-state index contributed by atoms with van der Waals surface area (Å²) in [5.74, 6) is 2.41. The highest BCUT2D eigenvalue weighted by Crippen LogP contribution is 2.31. The van der Waals surface area contributed by atoms with Gasteiger partial charge in [-0.3, -0.25) is 0 Å². The smallest absolute Gasteiger partial charge is 0.169 e. The highest BCUT2D eigenvalue weighted by Gasteiger charge is 2.11. The van der Waals surface area contributed by atoms with Crippen LogP contribution in [0, 0.1) is 0 Å². The van der Waals surface area contributed by atoms with Gasteiger partial charge < -0.3 is 9.47 Å². The number of halogens is 1. The Bertz CT molecular complexity index is 320. The first-order valence-corrected chi connectivity index (χ1v) is 4.12. The van der Waals surface area contributed by atoms with Gasteiger partial charge >= 0.3 is 0 Å². The van der Waals surface area contributed by atoms with Crippen LogP contribution < -0.4 is 9.47 Å². The molecule has 0 atom stereocenters. The van der Waals surface area contributed by atoms with Crippen LogP contribution in [-0.2, 0) is 0 Å². The Balaban J connectivity index is 2.31. The van der Waals surface area contributed by atoms with Crippen molar-refractivity contribution in [2.24, 2.45) is 0 Å². The first-order valence-electron chi connectivity index (χ1n) is 3.58. The number of hydrogen-bond acceptors (Lipinski definition) is 2. The molecule has 0 unspecified atom stereocenters. The average Bonchev–Trinajstić information content (AvgIpc) is 2.17. The average molecular weight is 183 g/mol. The van der Waals surface area contributed by atoms with Crippen LogP contribution in [0.2, 0.25) is 0 Å². The lowest BCUT2D eigenvalue weighted by Crippen LogP contribution is -2.05. The van der Waals surface area contributed by atoms with Gasteiger partial charge in [-0.1, -0.05) is 12.1 Å². The van der Waals surface area contributed by atoms with Crippen molar-refractivity contribution in [1.82, 2.24) is 0 Å². The number of allylic oxidation sites excluding steroid dienone is 1. The van der Waals surface area contributed by atoms with E-state index < -0.39 is 0 Å². The van der Waals surface area contributed by atoms with E-state index in [1.165, 1.54) is 6.26 Å². The maximum absolute atomic E-state index is 5.57. The van der Waals surface area contributed by atoms with Crippen LogP contribution in [0.1, 0.15) is 0 Å². The Morgan fingerprint density at radius 1 is 1.17 bits per heavy atom. The molecule has 2 rings (SSSR count). The van der Waals surface area contributed by atoms with Crippen molar-refractivity contribution in [2.75, 3.05) is 5.88 Å². The molecule has 0 spiro atoms. The molecule has 0 aliphatic carbocycles. The predicted octanol–water partition coefficient (Wildman–Crippen LogP) is 2.54. The molecule has 2 nitrogen and oxygen atoms in total. The minimum Gasteiger partial charge on any atom is -0.457 e. The summed E-state index contributed by atoms with van der Waals surface area (Å²) in [7, 11) is 0. The van der Waals surface area contributed by atoms with E-state index >= 15 is 0 Å². The number of fused-ring (bicyclic) bond motifs is 1. The fourth-order valence-electron chi connectivity index (χ4n) is 0.985. The molecule has 12 heavy (non-hydrogen) atoms. The molecule has 0 bridgehead atoms. The molecule has 0 N–H and O–H groups in total. The van der Waals surface area contributed by atoms with Gasteiger partial charge in [0.05, 0.1) is 5.88 Å². The molecule has 62 valence electrons. The summed E-state index contributed by atoms with van der Waals surface area (Å²) in [6, 6.07) is 7.47. The lowest BCUT2D eigenvalue weighted by atomic mass is 10.3. The second-order valence-electron chi connectivity index (χ2n) is 2.38. The van der Waals surface area contributed by atoms with Crippen molar-refractivity contribution in [3.8, 4) is 11.5 Å². The first kappa shape index (κ1) is 7.50. The number of alkyl halides is 1. The number of hydrogen-bond donors (Lipinski definition) is 0. The van der Waals surface area contributed by atoms with Crippen LogP contribution in [0.25, 0.3) is 0 Å². The molecule has 0 fully saturated rings. The van der Waals surface area contributed by atoms with Gasteiger partial charge in [-0.2, -0.15) is 0 Å². The zero-order valence-electron chi connectivity index (χ0n) is 6.29. The molecule has 1 aromatic rings. The molecule has 0 saturated heterocycles. The largest absolute Gasteiger partial charge is 0.457 e. The van der Waals surface area contributed by atoms with E-state index in [0.717, 1.165) is 11.5 Å². The van der Waals surface area contributed by atoms with Crippen LogP contribution in [0.4, 0.5) is 0 Å². The lowest BCUT2D eigenvalue weighted by Gasteiger charge is -2.15. The second-order valence-corrected chi connectivity index (χ2v) is 2.65. The van der Waals surface area contributed by atoms with Gasteiger partial charge in [0.15, 0.2) is 17.3 Å². The summed E-state index contributed by atoms with van der Waals surface area (Å²) in [5.41, 5.74) is 0. The van der Waals surface area contributed by atoms with E-state index in [2.05, 4.69) is 0 Å². The highest BCUT2D eigenvalue weighted by molar-refractivity contribution is 6.19. The van der Waals surface area contributed by atoms with Crippen LogP contribution in [0.3, 0.4) is 0 Å². The molecule has 0 aromatic heterocycles. The number of rotatable bonds is 1. The van der Waals surface area contributed by atoms with E-state index in [1.54, 1.807) is 0 Å². The third kappa shape index (κ3) is 1.25. The Morgan fingerprint density at radius 3 is 2.67 bits per heavy atom. The summed E-state index contributed by atoms with van der Waals surface area (Å²) in [4.78, 5) is 0. The molecular weight excluding hydrogens is 176 g/mol. The maximum atomic E-state index is 5.57. The monoisotopic (exact) mass is 182 g/mol. The Labute approximate surface area is 75.4 Å². The Kier molecular flexibility index (Phi) is 1.92. The maximum Gasteiger partial charge on any atom is 0.169 e. The zero-order valence-corrected chi connectivity index (χ0v) is 7.04. The molecule has 0 amide bonds. The van der Waals surface area contributed by atoms with Crippen LogP contribution in [0.5, 0.6) is 11.5 Å². The molecule has 1 aromatic carbocycles. The topological polar surface area (TPSA) is 18.5 Å². The highest BCUT2D eigenvalue weighted by atomic mass is 35.5. The summed E-state index contributed by atoms with van der Waals surface area (Å²) >= 11 is 5.57. The normalized spacial score (nSPS) is 13.9. The lowest BCUT2D eigenvalue weighted by molar-refractivity contribution is 0.328. The van der Waals surface area contributed by atoms with Gasteiger partial charge in [0, 0.05) is 0 Å². The fraction of sp³-hybridized carbons (Fsp3) is 0.111. The van der Waals surface area contributed by atoms with Gasteiger partial charge in [-0.25, -0.2) is 0 Å². The first-order chi connectivity index (χ1) is 5.90. The predicted molar refractivity (Wildman–Crippen MR) is 46.5 cm³/mol. The standard InChI is InChI=1S/C9H7ClO2/c10-5-7-6-11-8-3-1-2-4-9(8)12-7/h1-4,6H,5H2. The summed E-state index contributed by atoms with van der Waals surface area (Å²) in [6.45, 7) is 0. The van der Waals surface area contributed by atoms with Gasteiger partial charge in [0.25, 0.3) is 0 Å². The van der Waals surface area contributed by atoms with Crippen LogP contribution >= 0.6 is 11.6 Å². The van der Waals surface area contributed by atoms with Crippen LogP contribution in [-0.4, -0.2) is 5.88 Å². The minimum atomic E-state index is 0.328. The molecule has 1 heterocycles. The third-order valence-electron chi connectivity index (χ3n) is 1.54. The molecule has 1 aliphatic rings.